The van der Waals surface area contributed by atoms with Crippen LogP contribution in [0.25, 0.3) is 67.2 Å². The third kappa shape index (κ3) is 4.60. The molecule has 9 aromatic rings. The zero-order chi connectivity index (χ0) is 35.6. The van der Waals surface area contributed by atoms with Crippen LogP contribution in [0.1, 0.15) is 22.3 Å². The van der Waals surface area contributed by atoms with E-state index in [1.807, 2.05) is 60.7 Å². The van der Waals surface area contributed by atoms with Gasteiger partial charge in [0.25, 0.3) is 0 Å². The fraction of sp³-hybridized carbons (Fsp3) is 0.0200. The minimum Gasteiger partial charge on any atom is -0.457 e. The van der Waals surface area contributed by atoms with Gasteiger partial charge in [-0.3, -0.25) is 0 Å². The molecule has 1 aromatic heterocycles. The summed E-state index contributed by atoms with van der Waals surface area (Å²) in [6.07, 6.45) is 0. The molecule has 0 saturated carbocycles. The van der Waals surface area contributed by atoms with Gasteiger partial charge in [-0.15, -0.1) is 0 Å². The molecule has 0 radical (unpaired) electrons. The first-order chi connectivity index (χ1) is 26.7. The molecule has 8 aromatic carbocycles. The highest BCUT2D eigenvalue weighted by atomic mass is 16.5. The van der Waals surface area contributed by atoms with Gasteiger partial charge in [-0.1, -0.05) is 164 Å². The lowest BCUT2D eigenvalue weighted by Crippen LogP contribution is -2.32. The highest BCUT2D eigenvalue weighted by Gasteiger charge is 2.51. The third-order valence-electron chi connectivity index (χ3n) is 11.0. The minimum atomic E-state index is -0.553. The molecule has 2 aliphatic rings. The molecule has 1 aliphatic heterocycles. The maximum atomic E-state index is 6.84. The fourth-order valence-electron chi connectivity index (χ4n) is 8.52. The molecule has 0 bridgehead atoms. The second-order valence-corrected chi connectivity index (χ2v) is 14.0. The van der Waals surface area contributed by atoms with Crippen LogP contribution in [0.15, 0.2) is 188 Å². The second-order valence-electron chi connectivity index (χ2n) is 14.0. The Morgan fingerprint density at radius 2 is 0.759 bits per heavy atom. The molecule has 0 fully saturated rings. The van der Waals surface area contributed by atoms with Gasteiger partial charge in [0.2, 0.25) is 0 Å². The average Bonchev–Trinajstić information content (AvgIpc) is 3.54. The molecule has 0 saturated heterocycles. The Balaban J connectivity index is 1.07. The molecule has 0 atom stereocenters. The van der Waals surface area contributed by atoms with Gasteiger partial charge < -0.3 is 4.74 Å². The van der Waals surface area contributed by atoms with Crippen molar-refractivity contribution in [3.63, 3.8) is 0 Å². The largest absolute Gasteiger partial charge is 0.457 e. The van der Waals surface area contributed by atoms with Crippen LogP contribution in [-0.2, 0) is 5.41 Å². The molecule has 4 nitrogen and oxygen atoms in total. The molecule has 1 spiro atoms. The van der Waals surface area contributed by atoms with Crippen LogP contribution in [-0.4, -0.2) is 15.0 Å². The van der Waals surface area contributed by atoms with E-state index in [9.17, 15) is 0 Å². The summed E-state index contributed by atoms with van der Waals surface area (Å²) >= 11 is 0. The first kappa shape index (κ1) is 30.5. The predicted molar refractivity (Wildman–Crippen MR) is 216 cm³/mol. The number of benzene rings is 8. The third-order valence-corrected chi connectivity index (χ3v) is 11.0. The number of aromatic nitrogens is 3. The van der Waals surface area contributed by atoms with Gasteiger partial charge >= 0.3 is 0 Å². The molecule has 11 rings (SSSR count). The van der Waals surface area contributed by atoms with Crippen molar-refractivity contribution < 1.29 is 4.74 Å². The van der Waals surface area contributed by atoms with Crippen LogP contribution in [0, 0.1) is 0 Å². The Hall–Kier alpha value is -7.17. The fourth-order valence-corrected chi connectivity index (χ4v) is 8.52. The van der Waals surface area contributed by atoms with Gasteiger partial charge in [-0.25, -0.2) is 15.0 Å². The maximum absolute atomic E-state index is 6.84. The van der Waals surface area contributed by atoms with E-state index in [1.165, 1.54) is 27.6 Å². The van der Waals surface area contributed by atoms with Crippen molar-refractivity contribution in [2.24, 2.45) is 0 Å². The zero-order valence-electron chi connectivity index (χ0n) is 29.1. The van der Waals surface area contributed by atoms with Crippen molar-refractivity contribution in [2.75, 3.05) is 0 Å². The van der Waals surface area contributed by atoms with E-state index in [2.05, 4.69) is 127 Å². The molecule has 54 heavy (non-hydrogen) atoms. The summed E-state index contributed by atoms with van der Waals surface area (Å²) in [7, 11) is 0. The summed E-state index contributed by atoms with van der Waals surface area (Å²) in [5.41, 5.74) is 11.9. The SMILES string of the molecule is c1ccc(-c2nc(-c3ccccc3)nc(-c3ccc(-c4ccc5c(c4)C4(c6cc7ccccc7cc6O5)c5ccccc5-c5ccccc54)cc3)n2)cc1. The quantitative estimate of drug-likeness (QED) is 0.185. The molecule has 0 unspecified atom stereocenters. The number of fused-ring (bicyclic) bond motifs is 10. The average molecular weight is 690 g/mol. The van der Waals surface area contributed by atoms with Gasteiger partial charge in [-0.05, 0) is 68.4 Å². The zero-order valence-corrected chi connectivity index (χ0v) is 29.1. The van der Waals surface area contributed by atoms with Crippen LogP contribution in [0.5, 0.6) is 11.5 Å². The van der Waals surface area contributed by atoms with Crippen molar-refractivity contribution in [3.8, 4) is 67.9 Å². The Bertz CT molecular complexity index is 2800. The van der Waals surface area contributed by atoms with Crippen LogP contribution in [0.4, 0.5) is 0 Å². The normalized spacial score (nSPS) is 13.1. The van der Waals surface area contributed by atoms with Crippen molar-refractivity contribution in [3.05, 3.63) is 210 Å². The lowest BCUT2D eigenvalue weighted by Gasteiger charge is -2.40. The maximum Gasteiger partial charge on any atom is 0.164 e. The summed E-state index contributed by atoms with van der Waals surface area (Å²) < 4.78 is 6.84. The monoisotopic (exact) mass is 689 g/mol. The smallest absolute Gasteiger partial charge is 0.164 e. The van der Waals surface area contributed by atoms with Crippen LogP contribution >= 0.6 is 0 Å². The van der Waals surface area contributed by atoms with E-state index in [-0.39, 0.29) is 0 Å². The first-order valence-corrected chi connectivity index (χ1v) is 18.3. The second kappa shape index (κ2) is 11.9. The number of rotatable bonds is 4. The topological polar surface area (TPSA) is 47.9 Å². The van der Waals surface area contributed by atoms with E-state index in [4.69, 9.17) is 19.7 Å². The van der Waals surface area contributed by atoms with Gasteiger partial charge in [0, 0.05) is 27.8 Å². The molecule has 1 aliphatic carbocycles. The van der Waals surface area contributed by atoms with Gasteiger partial charge in [0.1, 0.15) is 11.5 Å². The van der Waals surface area contributed by atoms with Crippen molar-refractivity contribution in [1.29, 1.82) is 0 Å². The number of ether oxygens (including phenoxy) is 1. The van der Waals surface area contributed by atoms with E-state index in [0.717, 1.165) is 55.8 Å². The number of hydrogen-bond acceptors (Lipinski definition) is 4. The van der Waals surface area contributed by atoms with Crippen molar-refractivity contribution in [2.45, 2.75) is 5.41 Å². The van der Waals surface area contributed by atoms with Crippen LogP contribution in [0.3, 0.4) is 0 Å². The number of nitrogens with zero attached hydrogens (tertiary/aromatic N) is 3. The van der Waals surface area contributed by atoms with E-state index in [1.54, 1.807) is 0 Å². The van der Waals surface area contributed by atoms with Gasteiger partial charge in [0.15, 0.2) is 17.5 Å². The number of hydrogen-bond donors (Lipinski definition) is 0. The molecule has 2 heterocycles. The first-order valence-electron chi connectivity index (χ1n) is 18.3. The molecule has 252 valence electrons. The Labute approximate surface area is 313 Å². The standard InChI is InChI=1S/C50H31N3O/c1-3-13-33(14-4-1)47-51-48(34-15-5-2-6-16-34)53-49(52-47)35-25-23-32(24-26-35)38-27-28-45-43(30-38)50(44-29-36-17-7-8-18-37(36)31-46(44)54-45)41-21-11-9-19-39(41)40-20-10-12-22-42(40)50/h1-31H. The van der Waals surface area contributed by atoms with Gasteiger partial charge in [-0.2, -0.15) is 0 Å². The van der Waals surface area contributed by atoms with E-state index >= 15 is 0 Å². The van der Waals surface area contributed by atoms with Crippen molar-refractivity contribution >= 4 is 10.8 Å². The van der Waals surface area contributed by atoms with Gasteiger partial charge in [0.05, 0.1) is 5.41 Å². The summed E-state index contributed by atoms with van der Waals surface area (Å²) in [6.45, 7) is 0. The van der Waals surface area contributed by atoms with E-state index in [0.29, 0.717) is 17.5 Å². The summed E-state index contributed by atoms with van der Waals surface area (Å²) in [5, 5.41) is 2.36. The lowest BCUT2D eigenvalue weighted by atomic mass is 9.65. The molecular formula is C50H31N3O. The Morgan fingerprint density at radius 3 is 1.35 bits per heavy atom. The summed E-state index contributed by atoms with van der Waals surface area (Å²) in [5.74, 6) is 3.70. The molecule has 4 heteroatoms. The lowest BCUT2D eigenvalue weighted by molar-refractivity contribution is 0.437. The van der Waals surface area contributed by atoms with Crippen molar-refractivity contribution in [1.82, 2.24) is 15.0 Å². The highest BCUT2D eigenvalue weighted by Crippen LogP contribution is 2.62. The molecule has 0 N–H and O–H groups in total. The molecular weight excluding hydrogens is 659 g/mol. The Morgan fingerprint density at radius 1 is 0.315 bits per heavy atom. The molecule has 0 amide bonds. The Kier molecular flexibility index (Phi) is 6.73. The predicted octanol–water partition coefficient (Wildman–Crippen LogP) is 12.2. The van der Waals surface area contributed by atoms with E-state index < -0.39 is 5.41 Å². The summed E-state index contributed by atoms with van der Waals surface area (Å²) in [4.78, 5) is 14.8. The van der Waals surface area contributed by atoms with Crippen LogP contribution < -0.4 is 4.74 Å². The highest BCUT2D eigenvalue weighted by molar-refractivity contribution is 5.93. The summed E-state index contributed by atoms with van der Waals surface area (Å²) in [6, 6.07) is 66.2. The minimum absolute atomic E-state index is 0.553. The van der Waals surface area contributed by atoms with Crippen LogP contribution in [0.2, 0.25) is 0 Å².